The van der Waals surface area contributed by atoms with Crippen molar-refractivity contribution < 1.29 is 17.6 Å². The highest BCUT2D eigenvalue weighted by atomic mass is 32.2. The van der Waals surface area contributed by atoms with Crippen LogP contribution in [-0.2, 0) is 14.3 Å². The summed E-state index contributed by atoms with van der Waals surface area (Å²) >= 11 is 0. The molecule has 0 aliphatic carbocycles. The summed E-state index contributed by atoms with van der Waals surface area (Å²) in [5, 5.41) is 0.0728. The maximum atomic E-state index is 11.8. The number of aromatic amines is 1. The van der Waals surface area contributed by atoms with Gasteiger partial charge in [-0.1, -0.05) is 32.9 Å². The van der Waals surface area contributed by atoms with Crippen LogP contribution in [0.25, 0.3) is 11.3 Å². The number of rotatable bonds is 8. The Kier molecular flexibility index (Phi) is 6.97. The van der Waals surface area contributed by atoms with E-state index in [0.717, 1.165) is 16.8 Å². The fraction of sp³-hybridized carbons (Fsp3) is 0.375. The number of hydrogen-bond acceptors (Lipinski definition) is 5. The number of sulfone groups is 1. The summed E-state index contributed by atoms with van der Waals surface area (Å²) in [4.78, 5) is 7.44. The number of H-pyrrole nitrogens is 1. The first kappa shape index (κ1) is 24.2. The molecule has 3 rings (SSSR count). The lowest BCUT2D eigenvalue weighted by molar-refractivity contribution is 0.121. The van der Waals surface area contributed by atoms with E-state index in [9.17, 15) is 8.42 Å². The summed E-state index contributed by atoms with van der Waals surface area (Å²) in [6, 6.07) is 14.6. The van der Waals surface area contributed by atoms with Crippen molar-refractivity contribution in [1.82, 2.24) is 9.97 Å². The molecule has 0 aliphatic heterocycles. The minimum Gasteiger partial charge on any atom is -0.483 e. The van der Waals surface area contributed by atoms with Gasteiger partial charge >= 0.3 is 0 Å². The second kappa shape index (κ2) is 9.21. The summed E-state index contributed by atoms with van der Waals surface area (Å²) in [7, 11) is -5.25. The van der Waals surface area contributed by atoms with E-state index in [0.29, 0.717) is 12.4 Å². The highest BCUT2D eigenvalue weighted by Crippen LogP contribution is 2.37. The second-order valence-electron chi connectivity index (χ2n) is 9.51. The van der Waals surface area contributed by atoms with Gasteiger partial charge in [0.2, 0.25) is 0 Å². The molecule has 6 nitrogen and oxygen atoms in total. The predicted octanol–water partition coefficient (Wildman–Crippen LogP) is 5.62. The van der Waals surface area contributed by atoms with Gasteiger partial charge in [0.25, 0.3) is 0 Å². The lowest BCUT2D eigenvalue weighted by atomic mass is 10.1. The Hall–Kier alpha value is -2.42. The second-order valence-corrected chi connectivity index (χ2v) is 16.3. The van der Waals surface area contributed by atoms with Gasteiger partial charge in [-0.25, -0.2) is 13.4 Å². The highest BCUT2D eigenvalue weighted by Gasteiger charge is 2.38. The zero-order valence-electron chi connectivity index (χ0n) is 19.5. The smallest absolute Gasteiger partial charge is 0.192 e. The van der Waals surface area contributed by atoms with Crippen LogP contribution in [0, 0.1) is 0 Å². The van der Waals surface area contributed by atoms with E-state index < -0.39 is 18.2 Å². The number of imidazole rings is 1. The fourth-order valence-electron chi connectivity index (χ4n) is 2.92. The fourth-order valence-corrected chi connectivity index (χ4v) is 4.55. The minimum atomic E-state index is -3.26. The van der Waals surface area contributed by atoms with Crippen molar-refractivity contribution in [2.24, 2.45) is 0 Å². The van der Waals surface area contributed by atoms with Gasteiger partial charge in [-0.15, -0.1) is 0 Å². The molecular weight excluding hydrogens is 440 g/mol. The molecule has 1 atom stereocenters. The summed E-state index contributed by atoms with van der Waals surface area (Å²) in [5.41, 5.74) is 2.82. The van der Waals surface area contributed by atoms with Gasteiger partial charge < -0.3 is 14.1 Å². The molecule has 172 valence electrons. The highest BCUT2D eigenvalue weighted by molar-refractivity contribution is 7.90. The summed E-state index contributed by atoms with van der Waals surface area (Å²) in [5.74, 6) is 0.712. The van der Waals surface area contributed by atoms with Crippen LogP contribution >= 0.6 is 0 Å². The lowest BCUT2D eigenvalue weighted by Gasteiger charge is -2.37. The Morgan fingerprint density at radius 2 is 1.66 bits per heavy atom. The van der Waals surface area contributed by atoms with E-state index in [-0.39, 0.29) is 16.0 Å². The number of nitrogens with zero attached hydrogens (tertiary/aromatic N) is 1. The summed E-state index contributed by atoms with van der Waals surface area (Å²) in [6.07, 6.45) is 4.26. The molecule has 1 N–H and O–H groups in total. The largest absolute Gasteiger partial charge is 0.483 e. The van der Waals surface area contributed by atoms with Gasteiger partial charge in [0.1, 0.15) is 11.9 Å². The van der Waals surface area contributed by atoms with Crippen molar-refractivity contribution in [3.8, 4) is 17.0 Å². The molecule has 1 heterocycles. The van der Waals surface area contributed by atoms with Gasteiger partial charge in [-0.05, 0) is 65.7 Å². The van der Waals surface area contributed by atoms with E-state index in [4.69, 9.17) is 9.16 Å². The third kappa shape index (κ3) is 5.88. The van der Waals surface area contributed by atoms with Crippen LogP contribution in [0.3, 0.4) is 0 Å². The van der Waals surface area contributed by atoms with Crippen LogP contribution in [0.2, 0.25) is 18.1 Å². The van der Waals surface area contributed by atoms with Crippen LogP contribution in [0.1, 0.15) is 32.4 Å². The average Bonchev–Trinajstić information content (AvgIpc) is 3.25. The number of ether oxygens (including phenoxy) is 1. The van der Waals surface area contributed by atoms with E-state index in [1.807, 2.05) is 24.3 Å². The first-order chi connectivity index (χ1) is 14.9. The Morgan fingerprint density at radius 1 is 1.03 bits per heavy atom. The van der Waals surface area contributed by atoms with Crippen molar-refractivity contribution in [3.63, 3.8) is 0 Å². The Morgan fingerprint density at radius 3 is 2.16 bits per heavy atom. The zero-order valence-corrected chi connectivity index (χ0v) is 21.4. The van der Waals surface area contributed by atoms with E-state index in [2.05, 4.69) is 43.8 Å². The maximum Gasteiger partial charge on any atom is 0.192 e. The molecule has 0 radical (unpaired) electrons. The van der Waals surface area contributed by atoms with Gasteiger partial charge in [-0.3, -0.25) is 0 Å². The van der Waals surface area contributed by atoms with E-state index in [1.165, 1.54) is 6.26 Å². The van der Waals surface area contributed by atoms with Crippen molar-refractivity contribution in [2.45, 2.75) is 49.9 Å². The van der Waals surface area contributed by atoms with Gasteiger partial charge in [0.15, 0.2) is 18.2 Å². The molecule has 0 amide bonds. The molecule has 0 bridgehead atoms. The molecule has 2 aromatic carbocycles. The Bertz CT molecular complexity index is 1120. The van der Waals surface area contributed by atoms with Gasteiger partial charge in [0.05, 0.1) is 29.7 Å². The SMILES string of the molecule is CC(C)(C)[Si](C)(C)OCC(Oc1ccc(-c2cnc[nH]2)cc1)c1ccc(S(C)(=O)=O)cc1. The van der Waals surface area contributed by atoms with Crippen molar-refractivity contribution in [3.05, 3.63) is 66.6 Å². The maximum absolute atomic E-state index is 11.8. The minimum absolute atomic E-state index is 0.0728. The van der Waals surface area contributed by atoms with E-state index in [1.54, 1.807) is 36.8 Å². The van der Waals surface area contributed by atoms with Crippen molar-refractivity contribution >= 4 is 18.2 Å². The molecule has 1 aromatic heterocycles. The first-order valence-electron chi connectivity index (χ1n) is 10.6. The Balaban J connectivity index is 1.84. The van der Waals surface area contributed by atoms with Crippen LogP contribution < -0.4 is 4.74 Å². The van der Waals surface area contributed by atoms with Crippen LogP contribution in [0.15, 0.2) is 66.0 Å². The molecular formula is C24H32N2O4SSi. The molecule has 1 unspecified atom stereocenters. The molecule has 3 aromatic rings. The third-order valence-corrected chi connectivity index (χ3v) is 11.7. The molecule has 8 heteroatoms. The molecule has 0 aliphatic rings. The number of nitrogens with one attached hydrogen (secondary N) is 1. The number of aromatic nitrogens is 2. The molecule has 0 spiro atoms. The Labute approximate surface area is 192 Å². The standard InChI is InChI=1S/C24H32N2O4SSi/c1-24(2,3)32(5,6)29-16-23(19-9-13-21(14-10-19)31(4,27)28)30-20-11-7-18(8-12-20)22-15-25-17-26-22/h7-15,17,23H,16H2,1-6H3,(H,25,26). The van der Waals surface area contributed by atoms with Gasteiger partial charge in [-0.2, -0.15) is 0 Å². The third-order valence-electron chi connectivity index (χ3n) is 6.02. The average molecular weight is 473 g/mol. The van der Waals surface area contributed by atoms with Crippen LogP contribution in [0.4, 0.5) is 0 Å². The molecule has 0 fully saturated rings. The predicted molar refractivity (Wildman–Crippen MR) is 130 cm³/mol. The molecule has 32 heavy (non-hydrogen) atoms. The topological polar surface area (TPSA) is 81.3 Å². The summed E-state index contributed by atoms with van der Waals surface area (Å²) < 4.78 is 36.5. The zero-order chi connectivity index (χ0) is 23.6. The normalized spacial score (nSPS) is 13.7. The van der Waals surface area contributed by atoms with Crippen molar-refractivity contribution in [1.29, 1.82) is 0 Å². The molecule has 0 saturated heterocycles. The van der Waals surface area contributed by atoms with Crippen LogP contribution in [-0.4, -0.2) is 39.6 Å². The quantitative estimate of drug-likeness (QED) is 0.430. The van der Waals surface area contributed by atoms with Gasteiger partial charge in [0, 0.05) is 6.26 Å². The number of benzene rings is 2. The lowest BCUT2D eigenvalue weighted by Crippen LogP contribution is -2.42. The first-order valence-corrected chi connectivity index (χ1v) is 15.4. The van der Waals surface area contributed by atoms with E-state index >= 15 is 0 Å². The van der Waals surface area contributed by atoms with Crippen LogP contribution in [0.5, 0.6) is 5.75 Å². The number of hydrogen-bond donors (Lipinski definition) is 1. The summed E-state index contributed by atoms with van der Waals surface area (Å²) in [6.45, 7) is 11.4. The molecule has 0 saturated carbocycles. The monoisotopic (exact) mass is 472 g/mol. The van der Waals surface area contributed by atoms with Crippen molar-refractivity contribution in [2.75, 3.05) is 12.9 Å².